The van der Waals surface area contributed by atoms with Crippen molar-refractivity contribution in [2.75, 3.05) is 12.0 Å². The molecule has 3 aromatic rings. The number of hydrogen-bond donors (Lipinski definition) is 1. The van der Waals surface area contributed by atoms with E-state index < -0.39 is 17.8 Å². The number of ether oxygens (including phenoxy) is 1. The van der Waals surface area contributed by atoms with Gasteiger partial charge in [-0.3, -0.25) is 14.9 Å². The average molecular weight is 484 g/mol. The fraction of sp³-hybridized carbons (Fsp3) is 0.125. The van der Waals surface area contributed by atoms with Crippen molar-refractivity contribution in [2.24, 2.45) is 0 Å². The number of amides is 4. The van der Waals surface area contributed by atoms with Gasteiger partial charge in [0.1, 0.15) is 11.3 Å². The molecule has 0 spiro atoms. The highest BCUT2D eigenvalue weighted by Gasteiger charge is 2.38. The van der Waals surface area contributed by atoms with Crippen molar-refractivity contribution >= 4 is 52.8 Å². The lowest BCUT2D eigenvalue weighted by molar-refractivity contribution is -0.122. The molecule has 0 aliphatic carbocycles. The van der Waals surface area contributed by atoms with Gasteiger partial charge in [-0.1, -0.05) is 29.3 Å². The van der Waals surface area contributed by atoms with Crippen LogP contribution in [0.2, 0.25) is 10.0 Å². The summed E-state index contributed by atoms with van der Waals surface area (Å²) in [5, 5.41) is 2.41. The number of aromatic nitrogens is 1. The van der Waals surface area contributed by atoms with E-state index in [0.29, 0.717) is 5.56 Å². The Bertz CT molecular complexity index is 1330. The predicted molar refractivity (Wildman–Crippen MR) is 127 cm³/mol. The van der Waals surface area contributed by atoms with Crippen molar-refractivity contribution in [1.82, 2.24) is 9.88 Å². The first kappa shape index (κ1) is 22.6. The molecule has 0 radical (unpaired) electrons. The van der Waals surface area contributed by atoms with Crippen LogP contribution in [0.25, 0.3) is 11.8 Å². The van der Waals surface area contributed by atoms with E-state index in [-0.39, 0.29) is 21.3 Å². The van der Waals surface area contributed by atoms with Gasteiger partial charge in [0, 0.05) is 17.1 Å². The summed E-state index contributed by atoms with van der Waals surface area (Å²) >= 11 is 12.3. The van der Waals surface area contributed by atoms with Crippen LogP contribution < -0.4 is 15.0 Å². The maximum atomic E-state index is 13.2. The van der Waals surface area contributed by atoms with Crippen LogP contribution in [-0.2, 0) is 9.59 Å². The van der Waals surface area contributed by atoms with Crippen LogP contribution in [-0.4, -0.2) is 29.5 Å². The van der Waals surface area contributed by atoms with Gasteiger partial charge in [0.25, 0.3) is 11.8 Å². The number of carbonyl (C=O) groups is 3. The Hall–Kier alpha value is -3.55. The molecule has 1 aliphatic rings. The van der Waals surface area contributed by atoms with Gasteiger partial charge in [-0.2, -0.15) is 0 Å². The molecule has 0 atom stereocenters. The molecule has 1 fully saturated rings. The number of anilines is 1. The van der Waals surface area contributed by atoms with E-state index >= 15 is 0 Å². The number of halogens is 2. The fourth-order valence-electron chi connectivity index (χ4n) is 3.76. The van der Waals surface area contributed by atoms with Gasteiger partial charge in [0.15, 0.2) is 0 Å². The average Bonchev–Trinajstić information content (AvgIpc) is 3.06. The van der Waals surface area contributed by atoms with E-state index in [1.165, 1.54) is 18.2 Å². The lowest BCUT2D eigenvalue weighted by Gasteiger charge is -2.27. The number of hydrogen-bond acceptors (Lipinski definition) is 4. The minimum Gasteiger partial charge on any atom is -0.497 e. The number of rotatable bonds is 4. The topological polar surface area (TPSA) is 80.6 Å². The maximum absolute atomic E-state index is 13.2. The van der Waals surface area contributed by atoms with Gasteiger partial charge in [0.05, 0.1) is 22.8 Å². The van der Waals surface area contributed by atoms with E-state index in [0.717, 1.165) is 27.7 Å². The molecule has 0 bridgehead atoms. The Morgan fingerprint density at radius 3 is 2.36 bits per heavy atom. The standard InChI is InChI=1S/C24H19Cl2N3O4/c1-13-11-15(14(2)28(13)16-7-9-17(33-3)10-8-16)12-18-22(30)27-24(32)29(23(18)31)20-6-4-5-19(25)21(20)26/h4-12H,1-3H3,(H,27,30,32)/b18-12+. The first-order chi connectivity index (χ1) is 15.7. The Morgan fingerprint density at radius 2 is 1.70 bits per heavy atom. The Labute approximate surface area is 200 Å². The largest absolute Gasteiger partial charge is 0.497 e. The summed E-state index contributed by atoms with van der Waals surface area (Å²) < 4.78 is 7.21. The van der Waals surface area contributed by atoms with Crippen molar-refractivity contribution in [2.45, 2.75) is 13.8 Å². The summed E-state index contributed by atoms with van der Waals surface area (Å²) in [5.74, 6) is -0.840. The third-order valence-electron chi connectivity index (χ3n) is 5.37. The van der Waals surface area contributed by atoms with Crippen molar-refractivity contribution in [3.8, 4) is 11.4 Å². The molecule has 9 heteroatoms. The van der Waals surface area contributed by atoms with Gasteiger partial charge in [-0.05, 0) is 68.0 Å². The molecule has 0 saturated carbocycles. The van der Waals surface area contributed by atoms with Crippen LogP contribution in [0.1, 0.15) is 17.0 Å². The predicted octanol–water partition coefficient (Wildman–Crippen LogP) is 5.08. The zero-order valence-electron chi connectivity index (χ0n) is 18.0. The van der Waals surface area contributed by atoms with Crippen molar-refractivity contribution in [3.63, 3.8) is 0 Å². The smallest absolute Gasteiger partial charge is 0.336 e. The minimum absolute atomic E-state index is 0.0362. The highest BCUT2D eigenvalue weighted by Crippen LogP contribution is 2.34. The number of nitrogens with zero attached hydrogens (tertiary/aromatic N) is 2. The van der Waals surface area contributed by atoms with Gasteiger partial charge in [-0.15, -0.1) is 0 Å². The van der Waals surface area contributed by atoms with E-state index in [9.17, 15) is 14.4 Å². The number of carbonyl (C=O) groups excluding carboxylic acids is 3. The molecule has 4 amide bonds. The maximum Gasteiger partial charge on any atom is 0.336 e. The van der Waals surface area contributed by atoms with Crippen molar-refractivity contribution < 1.29 is 19.1 Å². The summed E-state index contributed by atoms with van der Waals surface area (Å²) in [6.07, 6.45) is 1.47. The summed E-state index contributed by atoms with van der Waals surface area (Å²) in [6, 6.07) is 13.1. The van der Waals surface area contributed by atoms with E-state index in [1.54, 1.807) is 13.2 Å². The van der Waals surface area contributed by atoms with E-state index in [4.69, 9.17) is 27.9 Å². The highest BCUT2D eigenvalue weighted by atomic mass is 35.5. The number of aryl methyl sites for hydroxylation is 1. The monoisotopic (exact) mass is 483 g/mol. The molecule has 0 unspecified atom stereocenters. The number of urea groups is 1. The number of barbiturate groups is 1. The molecule has 1 N–H and O–H groups in total. The Kier molecular flexibility index (Phi) is 6.01. The Balaban J connectivity index is 1.76. The lowest BCUT2D eigenvalue weighted by atomic mass is 10.1. The third-order valence-corrected chi connectivity index (χ3v) is 6.18. The number of nitrogens with one attached hydrogen (secondary N) is 1. The summed E-state index contributed by atoms with van der Waals surface area (Å²) in [5.41, 5.74) is 3.18. The third kappa shape index (κ3) is 4.01. The molecular formula is C24H19Cl2N3O4. The quantitative estimate of drug-likeness (QED) is 0.414. The fourth-order valence-corrected chi connectivity index (χ4v) is 4.14. The van der Waals surface area contributed by atoms with E-state index in [1.807, 2.05) is 48.7 Å². The molecular weight excluding hydrogens is 465 g/mol. The molecule has 2 aromatic carbocycles. The molecule has 4 rings (SSSR count). The van der Waals surface area contributed by atoms with E-state index in [2.05, 4.69) is 5.32 Å². The first-order valence-electron chi connectivity index (χ1n) is 9.91. The van der Waals surface area contributed by atoms with Gasteiger partial charge >= 0.3 is 6.03 Å². The van der Waals surface area contributed by atoms with Crippen LogP contribution >= 0.6 is 23.2 Å². The second-order valence-corrected chi connectivity index (χ2v) is 8.18. The zero-order valence-corrected chi connectivity index (χ0v) is 19.5. The van der Waals surface area contributed by atoms with Gasteiger partial charge in [0.2, 0.25) is 0 Å². The van der Waals surface area contributed by atoms with Crippen LogP contribution in [0.4, 0.5) is 10.5 Å². The number of methoxy groups -OCH3 is 1. The van der Waals surface area contributed by atoms with Crippen LogP contribution in [0.15, 0.2) is 54.1 Å². The Morgan fingerprint density at radius 1 is 1.00 bits per heavy atom. The minimum atomic E-state index is -0.893. The SMILES string of the molecule is COc1ccc(-n2c(C)cc(/C=C3\C(=O)NC(=O)N(c4cccc(Cl)c4Cl)C3=O)c2C)cc1. The molecule has 1 saturated heterocycles. The summed E-state index contributed by atoms with van der Waals surface area (Å²) in [6.45, 7) is 3.80. The normalized spacial score (nSPS) is 15.2. The molecule has 7 nitrogen and oxygen atoms in total. The first-order valence-corrected chi connectivity index (χ1v) is 10.7. The molecule has 2 heterocycles. The second kappa shape index (κ2) is 8.77. The van der Waals surface area contributed by atoms with Crippen LogP contribution in [0.5, 0.6) is 5.75 Å². The summed E-state index contributed by atoms with van der Waals surface area (Å²) in [4.78, 5) is 39.1. The van der Waals surface area contributed by atoms with Crippen LogP contribution in [0.3, 0.4) is 0 Å². The molecule has 1 aromatic heterocycles. The number of benzene rings is 2. The zero-order chi connectivity index (χ0) is 23.9. The van der Waals surface area contributed by atoms with Crippen LogP contribution in [0, 0.1) is 13.8 Å². The number of imide groups is 2. The van der Waals surface area contributed by atoms with Crippen molar-refractivity contribution in [3.05, 3.63) is 81.1 Å². The molecule has 1 aliphatic heterocycles. The molecule has 33 heavy (non-hydrogen) atoms. The second-order valence-electron chi connectivity index (χ2n) is 7.39. The summed E-state index contributed by atoms with van der Waals surface area (Å²) in [7, 11) is 1.60. The molecule has 168 valence electrons. The van der Waals surface area contributed by atoms with Crippen molar-refractivity contribution in [1.29, 1.82) is 0 Å². The van der Waals surface area contributed by atoms with Gasteiger partial charge < -0.3 is 9.30 Å². The lowest BCUT2D eigenvalue weighted by Crippen LogP contribution is -2.54. The van der Waals surface area contributed by atoms with Gasteiger partial charge in [-0.25, -0.2) is 9.69 Å². The highest BCUT2D eigenvalue weighted by molar-refractivity contribution is 6.46.